The Hall–Kier alpha value is -2.95. The molecule has 0 bridgehead atoms. The fraction of sp³-hybridized carbons (Fsp3) is 0.452. The third kappa shape index (κ3) is 6.45. The molecular formula is C31H34ClN3O3S. The standard InChI is InChI=1S/C31H34ClN3O3S/c1-37-27-17-21(16-26(32)29(27)38-20-23-11-9-8-10-22(23)19-33)18-28-30(36)35(25-14-6-3-7-15-25)31(39-28)34-24-12-4-2-5-13-24/h8-11,16-18,24-25H,2-7,12-15,20H2,1H3. The Morgan fingerprint density at radius 1 is 1.10 bits per heavy atom. The summed E-state index contributed by atoms with van der Waals surface area (Å²) in [6.45, 7) is 0.186. The van der Waals surface area contributed by atoms with Crippen LogP contribution in [0.4, 0.5) is 0 Å². The zero-order valence-electron chi connectivity index (χ0n) is 22.3. The maximum absolute atomic E-state index is 13.7. The summed E-state index contributed by atoms with van der Waals surface area (Å²) in [5, 5.41) is 10.6. The van der Waals surface area contributed by atoms with Crippen molar-refractivity contribution >= 4 is 40.5 Å². The molecule has 2 saturated carbocycles. The van der Waals surface area contributed by atoms with Gasteiger partial charge in [0.2, 0.25) is 0 Å². The molecule has 0 aromatic heterocycles. The molecule has 3 fully saturated rings. The van der Waals surface area contributed by atoms with Crippen LogP contribution in [0.2, 0.25) is 5.02 Å². The molecule has 8 heteroatoms. The predicted molar refractivity (Wildman–Crippen MR) is 157 cm³/mol. The van der Waals surface area contributed by atoms with Crippen molar-refractivity contribution in [2.45, 2.75) is 82.9 Å². The van der Waals surface area contributed by atoms with E-state index >= 15 is 0 Å². The van der Waals surface area contributed by atoms with Gasteiger partial charge in [-0.3, -0.25) is 14.7 Å². The van der Waals surface area contributed by atoms with Crippen molar-refractivity contribution in [2.24, 2.45) is 4.99 Å². The molecule has 1 aliphatic heterocycles. The summed E-state index contributed by atoms with van der Waals surface area (Å²) in [4.78, 5) is 21.5. The van der Waals surface area contributed by atoms with E-state index in [1.54, 1.807) is 19.2 Å². The zero-order valence-corrected chi connectivity index (χ0v) is 23.9. The molecular weight excluding hydrogens is 530 g/mol. The van der Waals surface area contributed by atoms with Crippen LogP contribution in [0.3, 0.4) is 0 Å². The predicted octanol–water partition coefficient (Wildman–Crippen LogP) is 7.74. The average molecular weight is 564 g/mol. The van der Waals surface area contributed by atoms with Crippen LogP contribution >= 0.6 is 23.4 Å². The van der Waals surface area contributed by atoms with Crippen molar-refractivity contribution in [3.05, 3.63) is 63.0 Å². The highest BCUT2D eigenvalue weighted by molar-refractivity contribution is 8.18. The van der Waals surface area contributed by atoms with Crippen LogP contribution in [-0.2, 0) is 11.4 Å². The molecule has 39 heavy (non-hydrogen) atoms. The molecule has 0 radical (unpaired) electrons. The molecule has 0 N–H and O–H groups in total. The number of benzene rings is 2. The monoisotopic (exact) mass is 563 g/mol. The van der Waals surface area contributed by atoms with Crippen molar-refractivity contribution in [1.82, 2.24) is 4.90 Å². The quantitative estimate of drug-likeness (QED) is 0.322. The number of rotatable bonds is 7. The molecule has 0 unspecified atom stereocenters. The van der Waals surface area contributed by atoms with Crippen LogP contribution in [0.15, 0.2) is 46.3 Å². The normalized spacial score (nSPS) is 20.9. The highest BCUT2D eigenvalue weighted by Gasteiger charge is 2.39. The summed E-state index contributed by atoms with van der Waals surface area (Å²) in [7, 11) is 1.56. The Bertz CT molecular complexity index is 1310. The Balaban J connectivity index is 1.40. The average Bonchev–Trinajstić information content (AvgIpc) is 3.27. The van der Waals surface area contributed by atoms with E-state index < -0.39 is 0 Å². The lowest BCUT2D eigenvalue weighted by atomic mass is 9.94. The van der Waals surface area contributed by atoms with Gasteiger partial charge in [0.1, 0.15) is 6.61 Å². The topological polar surface area (TPSA) is 74.9 Å². The first-order valence-corrected chi connectivity index (χ1v) is 15.1. The fourth-order valence-corrected chi connectivity index (χ4v) is 7.01. The molecule has 204 valence electrons. The Morgan fingerprint density at radius 2 is 1.82 bits per heavy atom. The van der Waals surface area contributed by atoms with Gasteiger partial charge in [0.15, 0.2) is 16.7 Å². The molecule has 5 rings (SSSR count). The van der Waals surface area contributed by atoms with Gasteiger partial charge in [-0.05, 0) is 67.3 Å². The summed E-state index contributed by atoms with van der Waals surface area (Å²) in [6, 6.07) is 13.6. The highest BCUT2D eigenvalue weighted by atomic mass is 35.5. The van der Waals surface area contributed by atoms with E-state index in [2.05, 4.69) is 6.07 Å². The Labute approximate surface area is 240 Å². The van der Waals surface area contributed by atoms with E-state index in [0.717, 1.165) is 54.8 Å². The summed E-state index contributed by atoms with van der Waals surface area (Å²) < 4.78 is 11.6. The number of amidine groups is 1. The number of carbonyl (C=O) groups excluding carboxylic acids is 1. The number of halogens is 1. The summed E-state index contributed by atoms with van der Waals surface area (Å²) >= 11 is 8.14. The van der Waals surface area contributed by atoms with Gasteiger partial charge in [0, 0.05) is 11.6 Å². The maximum Gasteiger partial charge on any atom is 0.266 e. The number of amides is 1. The van der Waals surface area contributed by atoms with Crippen molar-refractivity contribution in [3.8, 4) is 17.6 Å². The lowest BCUT2D eigenvalue weighted by molar-refractivity contribution is -0.124. The highest BCUT2D eigenvalue weighted by Crippen LogP contribution is 2.41. The van der Waals surface area contributed by atoms with E-state index in [9.17, 15) is 10.1 Å². The molecule has 1 amide bonds. The van der Waals surface area contributed by atoms with E-state index in [1.165, 1.54) is 37.4 Å². The van der Waals surface area contributed by atoms with Crippen LogP contribution in [0.25, 0.3) is 6.08 Å². The number of carbonyl (C=O) groups is 1. The lowest BCUT2D eigenvalue weighted by Gasteiger charge is -2.31. The number of hydrogen-bond donors (Lipinski definition) is 0. The second-order valence-corrected chi connectivity index (χ2v) is 11.8. The third-order valence-electron chi connectivity index (χ3n) is 7.70. The van der Waals surface area contributed by atoms with Crippen LogP contribution in [0.5, 0.6) is 11.5 Å². The SMILES string of the molecule is COc1cc(C=C2SC(=NC3CCCCC3)N(C3CCCCC3)C2=O)cc(Cl)c1OCc1ccccc1C#N. The number of aliphatic imine (C=N–C) groups is 1. The van der Waals surface area contributed by atoms with Gasteiger partial charge in [-0.15, -0.1) is 0 Å². The minimum atomic E-state index is 0.0324. The van der Waals surface area contributed by atoms with Crippen molar-refractivity contribution in [3.63, 3.8) is 0 Å². The van der Waals surface area contributed by atoms with Gasteiger partial charge in [-0.1, -0.05) is 68.3 Å². The van der Waals surface area contributed by atoms with Crippen LogP contribution in [-0.4, -0.2) is 35.2 Å². The molecule has 1 heterocycles. The van der Waals surface area contributed by atoms with Crippen molar-refractivity contribution in [1.29, 1.82) is 5.26 Å². The lowest BCUT2D eigenvalue weighted by Crippen LogP contribution is -2.41. The van der Waals surface area contributed by atoms with Crippen LogP contribution in [0, 0.1) is 11.3 Å². The first-order chi connectivity index (χ1) is 19.1. The first kappa shape index (κ1) is 27.6. The zero-order chi connectivity index (χ0) is 27.2. The fourth-order valence-electron chi connectivity index (χ4n) is 5.62. The number of ether oxygens (including phenoxy) is 2. The summed E-state index contributed by atoms with van der Waals surface area (Å²) in [5.41, 5.74) is 2.09. The number of nitriles is 1. The molecule has 2 aromatic carbocycles. The minimum absolute atomic E-state index is 0.0324. The van der Waals surface area contributed by atoms with Gasteiger partial charge < -0.3 is 9.47 Å². The maximum atomic E-state index is 13.7. The van der Waals surface area contributed by atoms with Crippen LogP contribution in [0.1, 0.15) is 80.9 Å². The first-order valence-electron chi connectivity index (χ1n) is 13.9. The number of methoxy groups -OCH3 is 1. The van der Waals surface area contributed by atoms with Gasteiger partial charge >= 0.3 is 0 Å². The van der Waals surface area contributed by atoms with Gasteiger partial charge in [-0.25, -0.2) is 0 Å². The van der Waals surface area contributed by atoms with Crippen LogP contribution < -0.4 is 9.47 Å². The molecule has 3 aliphatic rings. The second kappa shape index (κ2) is 12.9. The van der Waals surface area contributed by atoms with Gasteiger partial charge in [0.25, 0.3) is 5.91 Å². The summed E-state index contributed by atoms with van der Waals surface area (Å²) in [6.07, 6.45) is 13.4. The number of hydrogen-bond acceptors (Lipinski definition) is 6. The van der Waals surface area contributed by atoms with Gasteiger partial charge in [-0.2, -0.15) is 5.26 Å². The largest absolute Gasteiger partial charge is 0.493 e. The number of nitrogens with zero attached hydrogens (tertiary/aromatic N) is 3. The summed E-state index contributed by atoms with van der Waals surface area (Å²) in [5.74, 6) is 0.910. The van der Waals surface area contributed by atoms with E-state index in [0.29, 0.717) is 33.0 Å². The minimum Gasteiger partial charge on any atom is -0.493 e. The molecule has 2 aromatic rings. The van der Waals surface area contributed by atoms with E-state index in [4.69, 9.17) is 26.1 Å². The third-order valence-corrected chi connectivity index (χ3v) is 8.98. The molecule has 6 nitrogen and oxygen atoms in total. The molecule has 0 atom stereocenters. The molecule has 2 aliphatic carbocycles. The van der Waals surface area contributed by atoms with Gasteiger partial charge in [0.05, 0.1) is 34.7 Å². The molecule has 0 spiro atoms. The number of thioether (sulfide) groups is 1. The van der Waals surface area contributed by atoms with Crippen molar-refractivity contribution < 1.29 is 14.3 Å². The Morgan fingerprint density at radius 3 is 2.54 bits per heavy atom. The van der Waals surface area contributed by atoms with E-state index in [1.807, 2.05) is 35.2 Å². The van der Waals surface area contributed by atoms with Crippen molar-refractivity contribution in [2.75, 3.05) is 7.11 Å². The second-order valence-electron chi connectivity index (χ2n) is 10.4. The Kier molecular flexibility index (Phi) is 9.16. The molecule has 1 saturated heterocycles. The smallest absolute Gasteiger partial charge is 0.266 e. The van der Waals surface area contributed by atoms with E-state index in [-0.39, 0.29) is 18.6 Å².